The molecule has 1 aliphatic heterocycles. The van der Waals surface area contributed by atoms with Crippen LogP contribution in [0.4, 0.5) is 0 Å². The van der Waals surface area contributed by atoms with E-state index in [1.54, 1.807) is 0 Å². The van der Waals surface area contributed by atoms with Crippen molar-refractivity contribution in [3.05, 3.63) is 12.2 Å². The molecule has 1 atom stereocenters. The van der Waals surface area contributed by atoms with Gasteiger partial charge in [-0.25, -0.2) is 0 Å². The van der Waals surface area contributed by atoms with E-state index < -0.39 is 0 Å². The summed E-state index contributed by atoms with van der Waals surface area (Å²) in [4.78, 5) is 10.8. The Morgan fingerprint density at radius 3 is 3.08 bits per heavy atom. The van der Waals surface area contributed by atoms with Crippen LogP contribution in [0.25, 0.3) is 0 Å². The van der Waals surface area contributed by atoms with E-state index in [-0.39, 0.29) is 5.91 Å². The second-order valence-corrected chi connectivity index (χ2v) is 3.71. The molecular formula is C10H18N2O. The molecule has 0 bridgehead atoms. The first kappa shape index (κ1) is 10.3. The monoisotopic (exact) mass is 182 g/mol. The van der Waals surface area contributed by atoms with E-state index in [0.717, 1.165) is 25.9 Å². The number of carbonyl (C=O) groups excluding carboxylic acids is 1. The van der Waals surface area contributed by atoms with Crippen molar-refractivity contribution >= 4 is 5.91 Å². The number of rotatable bonds is 5. The summed E-state index contributed by atoms with van der Waals surface area (Å²) in [6, 6.07) is 0.345. The van der Waals surface area contributed by atoms with Gasteiger partial charge < -0.3 is 10.6 Å². The first-order chi connectivity index (χ1) is 6.18. The smallest absolute Gasteiger partial charge is 0.220 e. The van der Waals surface area contributed by atoms with Crippen LogP contribution in [0.5, 0.6) is 0 Å². The minimum Gasteiger partial charge on any atom is -0.352 e. The van der Waals surface area contributed by atoms with Crippen LogP contribution >= 0.6 is 0 Å². The van der Waals surface area contributed by atoms with Crippen molar-refractivity contribution in [1.29, 1.82) is 0 Å². The molecule has 74 valence electrons. The van der Waals surface area contributed by atoms with Crippen LogP contribution in [-0.4, -0.2) is 25.0 Å². The third-order valence-corrected chi connectivity index (χ3v) is 2.20. The molecule has 1 rings (SSSR count). The molecule has 2 N–H and O–H groups in total. The summed E-state index contributed by atoms with van der Waals surface area (Å²) >= 11 is 0. The van der Waals surface area contributed by atoms with Gasteiger partial charge in [0.15, 0.2) is 0 Å². The highest BCUT2D eigenvalue weighted by atomic mass is 16.1. The van der Waals surface area contributed by atoms with Gasteiger partial charge in [0.1, 0.15) is 0 Å². The quantitative estimate of drug-likeness (QED) is 0.488. The molecule has 0 saturated carbocycles. The fraction of sp³-hybridized carbons (Fsp3) is 0.700. The van der Waals surface area contributed by atoms with Gasteiger partial charge in [0.05, 0.1) is 0 Å². The van der Waals surface area contributed by atoms with Gasteiger partial charge in [-0.3, -0.25) is 4.79 Å². The van der Waals surface area contributed by atoms with Crippen LogP contribution in [0.3, 0.4) is 0 Å². The molecule has 0 aromatic rings. The van der Waals surface area contributed by atoms with Crippen LogP contribution < -0.4 is 10.6 Å². The first-order valence-corrected chi connectivity index (χ1v) is 4.83. The summed E-state index contributed by atoms with van der Waals surface area (Å²) in [5.41, 5.74) is 1.20. The van der Waals surface area contributed by atoms with Crippen LogP contribution in [-0.2, 0) is 4.79 Å². The summed E-state index contributed by atoms with van der Waals surface area (Å²) in [7, 11) is 0. The Labute approximate surface area is 79.6 Å². The second-order valence-electron chi connectivity index (χ2n) is 3.71. The van der Waals surface area contributed by atoms with E-state index in [0.29, 0.717) is 12.5 Å². The highest BCUT2D eigenvalue weighted by Gasteiger charge is 2.19. The molecule has 0 aromatic carbocycles. The van der Waals surface area contributed by atoms with Crippen molar-refractivity contribution in [3.8, 4) is 0 Å². The topological polar surface area (TPSA) is 41.1 Å². The number of hydrogen-bond donors (Lipinski definition) is 2. The highest BCUT2D eigenvalue weighted by molar-refractivity contribution is 5.78. The SMILES string of the molecule is C=C(C)CCNCC1CCC(=O)N1. The van der Waals surface area contributed by atoms with Crippen molar-refractivity contribution in [2.75, 3.05) is 13.1 Å². The predicted octanol–water partition coefficient (Wildman–Crippen LogP) is 0.821. The zero-order valence-electron chi connectivity index (χ0n) is 8.23. The minimum atomic E-state index is 0.187. The van der Waals surface area contributed by atoms with Gasteiger partial charge >= 0.3 is 0 Å². The van der Waals surface area contributed by atoms with Gasteiger partial charge in [-0.15, -0.1) is 6.58 Å². The summed E-state index contributed by atoms with van der Waals surface area (Å²) in [5, 5.41) is 6.22. The fourth-order valence-corrected chi connectivity index (χ4v) is 1.41. The average molecular weight is 182 g/mol. The van der Waals surface area contributed by atoms with E-state index in [1.807, 2.05) is 6.92 Å². The molecule has 1 unspecified atom stereocenters. The summed E-state index contributed by atoms with van der Waals surface area (Å²) in [6.07, 6.45) is 2.67. The summed E-state index contributed by atoms with van der Waals surface area (Å²) in [5.74, 6) is 0.187. The highest BCUT2D eigenvalue weighted by Crippen LogP contribution is 2.04. The number of nitrogens with one attached hydrogen (secondary N) is 2. The number of carbonyl (C=O) groups is 1. The molecule has 3 nitrogen and oxygen atoms in total. The lowest BCUT2D eigenvalue weighted by molar-refractivity contribution is -0.119. The van der Waals surface area contributed by atoms with E-state index in [1.165, 1.54) is 5.57 Å². The van der Waals surface area contributed by atoms with Gasteiger partial charge in [-0.2, -0.15) is 0 Å². The van der Waals surface area contributed by atoms with Crippen LogP contribution in [0.1, 0.15) is 26.2 Å². The minimum absolute atomic E-state index is 0.187. The van der Waals surface area contributed by atoms with Gasteiger partial charge in [-0.1, -0.05) is 5.57 Å². The van der Waals surface area contributed by atoms with Crippen molar-refractivity contribution in [2.24, 2.45) is 0 Å². The van der Waals surface area contributed by atoms with Gasteiger partial charge in [0.25, 0.3) is 0 Å². The molecule has 1 saturated heterocycles. The van der Waals surface area contributed by atoms with Gasteiger partial charge in [0, 0.05) is 19.0 Å². The zero-order chi connectivity index (χ0) is 9.68. The van der Waals surface area contributed by atoms with Crippen LogP contribution in [0, 0.1) is 0 Å². The molecule has 0 radical (unpaired) electrons. The maximum Gasteiger partial charge on any atom is 0.220 e. The lowest BCUT2D eigenvalue weighted by atomic mass is 10.2. The van der Waals surface area contributed by atoms with E-state index >= 15 is 0 Å². The lowest BCUT2D eigenvalue weighted by Crippen LogP contribution is -2.35. The molecule has 1 heterocycles. The number of hydrogen-bond acceptors (Lipinski definition) is 2. The van der Waals surface area contributed by atoms with Gasteiger partial charge in [-0.05, 0) is 26.3 Å². The maximum atomic E-state index is 10.8. The maximum absolute atomic E-state index is 10.8. The molecule has 0 spiro atoms. The van der Waals surface area contributed by atoms with E-state index in [4.69, 9.17) is 0 Å². The van der Waals surface area contributed by atoms with Crippen LogP contribution in [0.2, 0.25) is 0 Å². The molecule has 1 fully saturated rings. The third kappa shape index (κ3) is 4.08. The van der Waals surface area contributed by atoms with Crippen LogP contribution in [0.15, 0.2) is 12.2 Å². The van der Waals surface area contributed by atoms with E-state index in [9.17, 15) is 4.79 Å². The lowest BCUT2D eigenvalue weighted by Gasteiger charge is -2.10. The molecule has 0 aromatic heterocycles. The molecular weight excluding hydrogens is 164 g/mol. The number of amides is 1. The van der Waals surface area contributed by atoms with E-state index in [2.05, 4.69) is 17.2 Å². The fourth-order valence-electron chi connectivity index (χ4n) is 1.41. The van der Waals surface area contributed by atoms with Crippen molar-refractivity contribution in [1.82, 2.24) is 10.6 Å². The van der Waals surface area contributed by atoms with Crippen molar-refractivity contribution in [2.45, 2.75) is 32.2 Å². The first-order valence-electron chi connectivity index (χ1n) is 4.83. The molecule has 3 heteroatoms. The van der Waals surface area contributed by atoms with Gasteiger partial charge in [0.2, 0.25) is 5.91 Å². The normalized spacial score (nSPS) is 21.6. The predicted molar refractivity (Wildman–Crippen MR) is 53.5 cm³/mol. The Morgan fingerprint density at radius 2 is 2.54 bits per heavy atom. The van der Waals surface area contributed by atoms with Crippen molar-refractivity contribution in [3.63, 3.8) is 0 Å². The Bertz CT molecular complexity index is 201. The summed E-state index contributed by atoms with van der Waals surface area (Å²) in [6.45, 7) is 7.70. The Kier molecular flexibility index (Phi) is 3.96. The molecule has 0 aliphatic carbocycles. The second kappa shape index (κ2) is 5.02. The summed E-state index contributed by atoms with van der Waals surface area (Å²) < 4.78 is 0. The molecule has 13 heavy (non-hydrogen) atoms. The molecule has 1 amide bonds. The zero-order valence-corrected chi connectivity index (χ0v) is 8.23. The largest absolute Gasteiger partial charge is 0.352 e. The standard InChI is InChI=1S/C10H18N2O/c1-8(2)5-6-11-7-9-3-4-10(13)12-9/h9,11H,1,3-7H2,2H3,(H,12,13). The Hall–Kier alpha value is -0.830. The van der Waals surface area contributed by atoms with Crippen molar-refractivity contribution < 1.29 is 4.79 Å². The Morgan fingerprint density at radius 1 is 1.77 bits per heavy atom. The Balaban J connectivity index is 2.00. The average Bonchev–Trinajstić information content (AvgIpc) is 2.45. The third-order valence-electron chi connectivity index (χ3n) is 2.20. The molecule has 1 aliphatic rings.